The van der Waals surface area contributed by atoms with Crippen LogP contribution in [0.25, 0.3) is 10.4 Å². The van der Waals surface area contributed by atoms with E-state index in [1.54, 1.807) is 11.3 Å². The van der Waals surface area contributed by atoms with Gasteiger partial charge in [-0.3, -0.25) is 0 Å². The number of hydrogen-bond donors (Lipinski definition) is 1. The number of rotatable bonds is 4. The van der Waals surface area contributed by atoms with Gasteiger partial charge in [0.05, 0.1) is 12.2 Å². The Hall–Kier alpha value is -1.85. The SMILES string of the molecule is CC1(C)CCc2sc(-c3ccc(N4CCCC4)cc3CO)c(C(=O)OC(C)(C)C)c2C1. The molecule has 0 bridgehead atoms. The summed E-state index contributed by atoms with van der Waals surface area (Å²) in [5, 5.41) is 10.2. The van der Waals surface area contributed by atoms with Crippen molar-refractivity contribution in [3.8, 4) is 10.4 Å². The van der Waals surface area contributed by atoms with E-state index in [9.17, 15) is 9.90 Å². The first-order chi connectivity index (χ1) is 14.6. The normalized spacial score (nSPS) is 18.2. The Morgan fingerprint density at radius 3 is 2.58 bits per heavy atom. The topological polar surface area (TPSA) is 49.8 Å². The standard InChI is InChI=1S/C26H35NO3S/c1-25(2,3)30-24(29)22-20-15-26(4,5)11-10-21(20)31-23(22)19-9-8-18(14-17(19)16-28)27-12-6-7-13-27/h8-9,14,28H,6-7,10-13,15-16H2,1-5H3. The number of anilines is 1. The fourth-order valence-electron chi connectivity index (χ4n) is 4.76. The highest BCUT2D eigenvalue weighted by atomic mass is 32.1. The molecule has 0 atom stereocenters. The summed E-state index contributed by atoms with van der Waals surface area (Å²) in [4.78, 5) is 18.0. The number of esters is 1. The smallest absolute Gasteiger partial charge is 0.340 e. The number of fused-ring (bicyclic) bond motifs is 1. The summed E-state index contributed by atoms with van der Waals surface area (Å²) >= 11 is 1.71. The van der Waals surface area contributed by atoms with Gasteiger partial charge in [-0.15, -0.1) is 11.3 Å². The van der Waals surface area contributed by atoms with Crippen LogP contribution in [0.4, 0.5) is 5.69 Å². The van der Waals surface area contributed by atoms with E-state index in [1.165, 1.54) is 17.7 Å². The van der Waals surface area contributed by atoms with Gasteiger partial charge in [-0.25, -0.2) is 4.79 Å². The minimum Gasteiger partial charge on any atom is -0.456 e. The first kappa shape index (κ1) is 22.3. The quantitative estimate of drug-likeness (QED) is 0.593. The van der Waals surface area contributed by atoms with Crippen molar-refractivity contribution in [3.05, 3.63) is 39.8 Å². The number of carbonyl (C=O) groups excluding carboxylic acids is 1. The van der Waals surface area contributed by atoms with Gasteiger partial charge in [0.25, 0.3) is 0 Å². The zero-order valence-corrected chi connectivity index (χ0v) is 20.3. The summed E-state index contributed by atoms with van der Waals surface area (Å²) in [6.07, 6.45) is 5.42. The van der Waals surface area contributed by atoms with Crippen molar-refractivity contribution in [1.29, 1.82) is 0 Å². The first-order valence-corrected chi connectivity index (χ1v) is 12.3. The highest BCUT2D eigenvalue weighted by molar-refractivity contribution is 7.16. The Morgan fingerprint density at radius 2 is 1.94 bits per heavy atom. The number of aliphatic hydroxyl groups is 1. The molecule has 0 amide bonds. The number of carbonyl (C=O) groups is 1. The third-order valence-corrected chi connectivity index (χ3v) is 7.68. The van der Waals surface area contributed by atoms with Crippen molar-refractivity contribution in [2.75, 3.05) is 18.0 Å². The molecule has 2 heterocycles. The number of ether oxygens (including phenoxy) is 1. The third-order valence-electron chi connectivity index (χ3n) is 6.35. The molecule has 168 valence electrons. The van der Waals surface area contributed by atoms with Gasteiger partial charge >= 0.3 is 5.97 Å². The van der Waals surface area contributed by atoms with Crippen LogP contribution in [-0.2, 0) is 24.2 Å². The lowest BCUT2D eigenvalue weighted by molar-refractivity contribution is 0.00690. The number of thiophene rings is 1. The first-order valence-electron chi connectivity index (χ1n) is 11.4. The summed E-state index contributed by atoms with van der Waals surface area (Å²) in [7, 11) is 0. The van der Waals surface area contributed by atoms with Gasteiger partial charge in [-0.2, -0.15) is 0 Å². The molecule has 4 nitrogen and oxygen atoms in total. The summed E-state index contributed by atoms with van der Waals surface area (Å²) < 4.78 is 5.85. The van der Waals surface area contributed by atoms with Crippen LogP contribution in [0, 0.1) is 5.41 Å². The van der Waals surface area contributed by atoms with E-state index < -0.39 is 5.60 Å². The zero-order chi connectivity index (χ0) is 22.4. The Balaban J connectivity index is 1.82. The molecular formula is C26H35NO3S. The van der Waals surface area contributed by atoms with E-state index in [-0.39, 0.29) is 18.0 Å². The van der Waals surface area contributed by atoms with Crippen molar-refractivity contribution in [2.24, 2.45) is 5.41 Å². The van der Waals surface area contributed by atoms with Gasteiger partial charge in [0.15, 0.2) is 0 Å². The zero-order valence-electron chi connectivity index (χ0n) is 19.5. The third kappa shape index (κ3) is 4.68. The molecule has 1 aliphatic heterocycles. The Morgan fingerprint density at radius 1 is 1.23 bits per heavy atom. The molecule has 5 heteroatoms. The fraction of sp³-hybridized carbons (Fsp3) is 0.577. The number of benzene rings is 1. The molecule has 0 unspecified atom stereocenters. The molecule has 1 N–H and O–H groups in total. The Bertz CT molecular complexity index is 977. The van der Waals surface area contributed by atoms with E-state index >= 15 is 0 Å². The van der Waals surface area contributed by atoms with Crippen molar-refractivity contribution < 1.29 is 14.6 Å². The monoisotopic (exact) mass is 441 g/mol. The summed E-state index contributed by atoms with van der Waals surface area (Å²) in [5.41, 5.74) is 4.49. The molecule has 1 aromatic carbocycles. The second kappa shape index (κ2) is 8.25. The van der Waals surface area contributed by atoms with E-state index in [4.69, 9.17) is 4.74 Å². The van der Waals surface area contributed by atoms with Crippen LogP contribution in [0.15, 0.2) is 18.2 Å². The summed E-state index contributed by atoms with van der Waals surface area (Å²) in [6.45, 7) is 12.4. The lowest BCUT2D eigenvalue weighted by Crippen LogP contribution is -2.27. The Kier molecular flexibility index (Phi) is 5.95. The molecule has 1 fully saturated rings. The van der Waals surface area contributed by atoms with Gasteiger partial charge in [0, 0.05) is 28.5 Å². The van der Waals surface area contributed by atoms with Crippen LogP contribution < -0.4 is 4.90 Å². The molecule has 1 aromatic heterocycles. The van der Waals surface area contributed by atoms with E-state index in [1.807, 2.05) is 20.8 Å². The van der Waals surface area contributed by atoms with Gasteiger partial charge in [-0.1, -0.05) is 19.9 Å². The molecule has 1 saturated heterocycles. The number of aryl methyl sites for hydroxylation is 1. The van der Waals surface area contributed by atoms with E-state index in [2.05, 4.69) is 36.9 Å². The van der Waals surface area contributed by atoms with Crippen LogP contribution in [-0.4, -0.2) is 29.8 Å². The van der Waals surface area contributed by atoms with Crippen LogP contribution in [0.5, 0.6) is 0 Å². The van der Waals surface area contributed by atoms with Crippen LogP contribution in [0.3, 0.4) is 0 Å². The van der Waals surface area contributed by atoms with Crippen LogP contribution >= 0.6 is 11.3 Å². The largest absolute Gasteiger partial charge is 0.456 e. The van der Waals surface area contributed by atoms with Gasteiger partial charge in [0.2, 0.25) is 0 Å². The average molecular weight is 442 g/mol. The highest BCUT2D eigenvalue weighted by Crippen LogP contribution is 2.46. The highest BCUT2D eigenvalue weighted by Gasteiger charge is 2.35. The second-order valence-electron chi connectivity index (χ2n) is 10.7. The molecule has 0 spiro atoms. The molecule has 4 rings (SSSR count). The lowest BCUT2D eigenvalue weighted by atomic mass is 9.76. The van der Waals surface area contributed by atoms with Crippen LogP contribution in [0.1, 0.15) is 80.2 Å². The molecule has 31 heavy (non-hydrogen) atoms. The number of hydrogen-bond acceptors (Lipinski definition) is 5. The molecular weight excluding hydrogens is 406 g/mol. The molecule has 2 aromatic rings. The number of aliphatic hydroxyl groups excluding tert-OH is 1. The van der Waals surface area contributed by atoms with E-state index in [0.717, 1.165) is 59.6 Å². The van der Waals surface area contributed by atoms with Crippen molar-refractivity contribution in [1.82, 2.24) is 0 Å². The predicted molar refractivity (Wildman–Crippen MR) is 128 cm³/mol. The van der Waals surface area contributed by atoms with E-state index in [0.29, 0.717) is 5.56 Å². The van der Waals surface area contributed by atoms with Gasteiger partial charge < -0.3 is 14.7 Å². The Labute approximate surface area is 190 Å². The van der Waals surface area contributed by atoms with Gasteiger partial charge in [0.1, 0.15) is 5.60 Å². The minimum absolute atomic E-state index is 0.0428. The maximum atomic E-state index is 13.4. The molecule has 2 aliphatic rings. The van der Waals surface area contributed by atoms with Crippen molar-refractivity contribution in [3.63, 3.8) is 0 Å². The summed E-state index contributed by atoms with van der Waals surface area (Å²) in [6, 6.07) is 6.33. The lowest BCUT2D eigenvalue weighted by Gasteiger charge is -2.30. The average Bonchev–Trinajstić information content (AvgIpc) is 3.33. The molecule has 0 radical (unpaired) electrons. The summed E-state index contributed by atoms with van der Waals surface area (Å²) in [5.74, 6) is -0.245. The number of nitrogens with zero attached hydrogens (tertiary/aromatic N) is 1. The second-order valence-corrected chi connectivity index (χ2v) is 11.8. The molecule has 0 saturated carbocycles. The maximum Gasteiger partial charge on any atom is 0.340 e. The fourth-order valence-corrected chi connectivity index (χ4v) is 6.12. The van der Waals surface area contributed by atoms with Crippen molar-refractivity contribution >= 4 is 23.0 Å². The van der Waals surface area contributed by atoms with Gasteiger partial charge in [-0.05, 0) is 87.1 Å². The van der Waals surface area contributed by atoms with Crippen LogP contribution in [0.2, 0.25) is 0 Å². The molecule has 1 aliphatic carbocycles. The minimum atomic E-state index is -0.549. The predicted octanol–water partition coefficient (Wildman–Crippen LogP) is 5.98. The maximum absolute atomic E-state index is 13.4. The van der Waals surface area contributed by atoms with Crippen molar-refractivity contribution in [2.45, 2.75) is 78.9 Å².